The molecule has 2 amide bonds. The predicted octanol–water partition coefficient (Wildman–Crippen LogP) is 2.92. The normalized spacial score (nSPS) is 15.7. The van der Waals surface area contributed by atoms with Crippen LogP contribution in [0.15, 0.2) is 66.7 Å². The number of ether oxygens (including phenoxy) is 1. The summed E-state index contributed by atoms with van der Waals surface area (Å²) in [6, 6.07) is 21.4. The summed E-state index contributed by atoms with van der Waals surface area (Å²) >= 11 is 0. The van der Waals surface area contributed by atoms with Gasteiger partial charge in [-0.2, -0.15) is 0 Å². The van der Waals surface area contributed by atoms with Gasteiger partial charge >= 0.3 is 0 Å². The highest BCUT2D eigenvalue weighted by Crippen LogP contribution is 2.33. The van der Waals surface area contributed by atoms with E-state index >= 15 is 0 Å². The molecular weight excluding hydrogens is 340 g/mol. The second-order valence-corrected chi connectivity index (χ2v) is 6.55. The highest BCUT2D eigenvalue weighted by molar-refractivity contribution is 5.98. The van der Waals surface area contributed by atoms with Crippen LogP contribution >= 0.6 is 0 Å². The summed E-state index contributed by atoms with van der Waals surface area (Å²) in [5.74, 6) is 0.243. The lowest BCUT2D eigenvalue weighted by atomic mass is 10.0. The van der Waals surface area contributed by atoms with Gasteiger partial charge in [-0.1, -0.05) is 54.6 Å². The first kappa shape index (κ1) is 17.1. The molecule has 1 unspecified atom stereocenters. The van der Waals surface area contributed by atoms with Crippen molar-refractivity contribution in [2.45, 2.75) is 12.5 Å². The molecule has 1 aliphatic heterocycles. The summed E-state index contributed by atoms with van der Waals surface area (Å²) in [6.07, 6.45) is -0.454. The third-order valence-electron chi connectivity index (χ3n) is 4.78. The van der Waals surface area contributed by atoms with Gasteiger partial charge in [-0.3, -0.25) is 9.59 Å². The van der Waals surface area contributed by atoms with Crippen LogP contribution in [0, 0.1) is 0 Å². The van der Waals surface area contributed by atoms with Gasteiger partial charge in [0.15, 0.2) is 6.10 Å². The fourth-order valence-electron chi connectivity index (χ4n) is 3.39. The number of nitrogens with one attached hydrogen (secondary N) is 1. The second kappa shape index (κ2) is 7.11. The number of hydrogen-bond donors (Lipinski definition) is 1. The molecule has 4 rings (SSSR count). The summed E-state index contributed by atoms with van der Waals surface area (Å²) in [4.78, 5) is 26.8. The van der Waals surface area contributed by atoms with Crippen LogP contribution in [0.25, 0.3) is 10.8 Å². The van der Waals surface area contributed by atoms with Gasteiger partial charge in [0.25, 0.3) is 5.91 Å². The van der Waals surface area contributed by atoms with E-state index < -0.39 is 6.10 Å². The lowest BCUT2D eigenvalue weighted by Gasteiger charge is -2.34. The average molecular weight is 360 g/mol. The van der Waals surface area contributed by atoms with Crippen LogP contribution in [0.5, 0.6) is 5.75 Å². The molecule has 0 saturated heterocycles. The number of hydrogen-bond acceptors (Lipinski definition) is 3. The number of rotatable bonds is 3. The van der Waals surface area contributed by atoms with Crippen LogP contribution in [0.3, 0.4) is 0 Å². The number of likely N-dealkylation sites (N-methyl/N-ethyl adjacent to an activating group) is 1. The highest BCUT2D eigenvalue weighted by atomic mass is 16.5. The fourth-order valence-corrected chi connectivity index (χ4v) is 3.39. The molecule has 1 atom stereocenters. The van der Waals surface area contributed by atoms with E-state index in [0.717, 1.165) is 16.3 Å². The topological polar surface area (TPSA) is 58.6 Å². The maximum absolute atomic E-state index is 13.1. The van der Waals surface area contributed by atoms with Gasteiger partial charge < -0.3 is 15.0 Å². The van der Waals surface area contributed by atoms with Crippen molar-refractivity contribution in [2.75, 3.05) is 18.5 Å². The first-order valence-electron chi connectivity index (χ1n) is 8.91. The predicted molar refractivity (Wildman–Crippen MR) is 105 cm³/mol. The number of carbonyl (C=O) groups is 2. The Kier molecular flexibility index (Phi) is 4.50. The zero-order valence-electron chi connectivity index (χ0n) is 15.0. The van der Waals surface area contributed by atoms with E-state index in [-0.39, 0.29) is 24.8 Å². The molecule has 0 fully saturated rings. The Morgan fingerprint density at radius 3 is 2.59 bits per heavy atom. The Hall–Kier alpha value is -3.34. The molecule has 0 aliphatic carbocycles. The number of anilines is 1. The maximum atomic E-state index is 13.1. The lowest BCUT2D eigenvalue weighted by Crippen LogP contribution is -2.50. The SMILES string of the molecule is CNC(=O)C1CN(C(=O)Cc2ccc3ccccc3c2)c2ccccc2O1. The van der Waals surface area contributed by atoms with Crippen molar-refractivity contribution in [1.82, 2.24) is 5.32 Å². The molecule has 27 heavy (non-hydrogen) atoms. The largest absolute Gasteiger partial charge is 0.477 e. The van der Waals surface area contributed by atoms with Crippen molar-refractivity contribution in [2.24, 2.45) is 0 Å². The minimum Gasteiger partial charge on any atom is -0.477 e. The minimum absolute atomic E-state index is 0.0602. The zero-order valence-corrected chi connectivity index (χ0v) is 15.0. The molecule has 1 aliphatic rings. The lowest BCUT2D eigenvalue weighted by molar-refractivity contribution is -0.127. The standard InChI is InChI=1S/C22H20N2O3/c1-23-22(26)20-14-24(18-8-4-5-9-19(18)27-20)21(25)13-15-10-11-16-6-2-3-7-17(16)12-15/h2-12,20H,13-14H2,1H3,(H,23,26). The Labute approximate surface area is 157 Å². The Balaban J connectivity index is 1.62. The third-order valence-corrected chi connectivity index (χ3v) is 4.78. The number of fused-ring (bicyclic) bond motifs is 2. The van der Waals surface area contributed by atoms with Crippen LogP contribution in [-0.4, -0.2) is 31.5 Å². The second-order valence-electron chi connectivity index (χ2n) is 6.55. The molecule has 5 nitrogen and oxygen atoms in total. The van der Waals surface area contributed by atoms with E-state index in [1.807, 2.05) is 60.7 Å². The van der Waals surface area contributed by atoms with Crippen molar-refractivity contribution in [3.8, 4) is 5.75 Å². The van der Waals surface area contributed by atoms with Gasteiger partial charge in [-0.05, 0) is 28.5 Å². The first-order chi connectivity index (χ1) is 13.2. The molecule has 5 heteroatoms. The summed E-state index contributed by atoms with van der Waals surface area (Å²) in [5, 5.41) is 4.84. The number of benzene rings is 3. The van der Waals surface area contributed by atoms with E-state index in [1.54, 1.807) is 18.0 Å². The summed E-state index contributed by atoms with van der Waals surface area (Å²) in [6.45, 7) is 0.198. The van der Waals surface area contributed by atoms with E-state index in [9.17, 15) is 9.59 Å². The van der Waals surface area contributed by atoms with Crippen LogP contribution in [0.4, 0.5) is 5.69 Å². The fraction of sp³-hybridized carbons (Fsp3) is 0.182. The molecule has 3 aromatic rings. The average Bonchev–Trinajstić information content (AvgIpc) is 2.72. The van der Waals surface area contributed by atoms with Gasteiger partial charge in [-0.15, -0.1) is 0 Å². The first-order valence-corrected chi connectivity index (χ1v) is 8.91. The zero-order chi connectivity index (χ0) is 18.8. The molecule has 0 radical (unpaired) electrons. The molecule has 3 aromatic carbocycles. The van der Waals surface area contributed by atoms with Crippen LogP contribution in [0.1, 0.15) is 5.56 Å². The van der Waals surface area contributed by atoms with E-state index in [2.05, 4.69) is 5.32 Å². The summed E-state index contributed by atoms with van der Waals surface area (Å²) in [5.41, 5.74) is 1.64. The monoisotopic (exact) mass is 360 g/mol. The Morgan fingerprint density at radius 1 is 1.04 bits per heavy atom. The molecule has 0 spiro atoms. The number of amides is 2. The molecule has 1 N–H and O–H groups in total. The highest BCUT2D eigenvalue weighted by Gasteiger charge is 2.33. The molecule has 136 valence electrons. The molecule has 0 saturated carbocycles. The molecule has 0 bridgehead atoms. The van der Waals surface area contributed by atoms with Crippen molar-refractivity contribution in [3.05, 3.63) is 72.3 Å². The molecule has 0 aromatic heterocycles. The maximum Gasteiger partial charge on any atom is 0.262 e. The van der Waals surface area contributed by atoms with E-state index in [0.29, 0.717) is 11.4 Å². The number of carbonyl (C=O) groups excluding carboxylic acids is 2. The van der Waals surface area contributed by atoms with Gasteiger partial charge in [0.1, 0.15) is 5.75 Å². The van der Waals surface area contributed by atoms with Crippen molar-refractivity contribution < 1.29 is 14.3 Å². The third kappa shape index (κ3) is 3.36. The number of nitrogens with zero attached hydrogens (tertiary/aromatic N) is 1. The Morgan fingerprint density at radius 2 is 1.78 bits per heavy atom. The molecular formula is C22H20N2O3. The van der Waals surface area contributed by atoms with E-state index in [4.69, 9.17) is 4.74 Å². The van der Waals surface area contributed by atoms with Crippen LogP contribution in [0.2, 0.25) is 0 Å². The van der Waals surface area contributed by atoms with Crippen molar-refractivity contribution in [3.63, 3.8) is 0 Å². The van der Waals surface area contributed by atoms with Crippen LogP contribution in [-0.2, 0) is 16.0 Å². The van der Waals surface area contributed by atoms with Crippen molar-refractivity contribution in [1.29, 1.82) is 0 Å². The summed E-state index contributed by atoms with van der Waals surface area (Å²) < 4.78 is 5.77. The number of para-hydroxylation sites is 2. The van der Waals surface area contributed by atoms with Crippen LogP contribution < -0.4 is 15.0 Å². The smallest absolute Gasteiger partial charge is 0.262 e. The molecule has 1 heterocycles. The minimum atomic E-state index is -0.717. The van der Waals surface area contributed by atoms with E-state index in [1.165, 1.54) is 0 Å². The summed E-state index contributed by atoms with van der Waals surface area (Å²) in [7, 11) is 1.56. The van der Waals surface area contributed by atoms with Crippen molar-refractivity contribution >= 4 is 28.3 Å². The Bertz CT molecular complexity index is 1020. The van der Waals surface area contributed by atoms with Gasteiger partial charge in [-0.25, -0.2) is 0 Å². The van der Waals surface area contributed by atoms with Gasteiger partial charge in [0.05, 0.1) is 18.7 Å². The quantitative estimate of drug-likeness (QED) is 0.781. The van der Waals surface area contributed by atoms with Gasteiger partial charge in [0.2, 0.25) is 5.91 Å². The van der Waals surface area contributed by atoms with Gasteiger partial charge in [0, 0.05) is 7.05 Å².